The van der Waals surface area contributed by atoms with E-state index in [4.69, 9.17) is 4.74 Å². The molecule has 3 aliphatic rings. The van der Waals surface area contributed by atoms with Crippen LogP contribution in [0.1, 0.15) is 53.4 Å². The zero-order chi connectivity index (χ0) is 23.0. The number of ether oxygens (including phenoxy) is 1. The predicted octanol–water partition coefficient (Wildman–Crippen LogP) is 3.42. The van der Waals surface area contributed by atoms with Crippen LogP contribution in [0.4, 0.5) is 10.5 Å². The Hall–Kier alpha value is -2.54. The van der Waals surface area contributed by atoms with Crippen LogP contribution in [0, 0.1) is 0 Å². The maximum atomic E-state index is 12.8. The van der Waals surface area contributed by atoms with Crippen molar-refractivity contribution in [3.8, 4) is 0 Å². The van der Waals surface area contributed by atoms with Crippen LogP contribution in [-0.4, -0.2) is 59.9 Å². The number of para-hydroxylation sites is 1. The molecule has 2 saturated heterocycles. The highest BCUT2D eigenvalue weighted by Crippen LogP contribution is 2.36. The molecule has 174 valence electrons. The van der Waals surface area contributed by atoms with E-state index in [1.54, 1.807) is 4.90 Å². The van der Waals surface area contributed by atoms with Crippen LogP contribution in [0.2, 0.25) is 0 Å². The third kappa shape index (κ3) is 4.63. The third-order valence-corrected chi connectivity index (χ3v) is 6.80. The van der Waals surface area contributed by atoms with E-state index in [0.29, 0.717) is 39.2 Å². The van der Waals surface area contributed by atoms with Gasteiger partial charge in [0.1, 0.15) is 5.54 Å². The fraction of sp³-hybridized carbons (Fsp3) is 0.600. The van der Waals surface area contributed by atoms with Gasteiger partial charge < -0.3 is 25.2 Å². The molecule has 2 amide bonds. The average molecular weight is 441 g/mol. The second kappa shape index (κ2) is 8.43. The Kier molecular flexibility index (Phi) is 5.96. The molecule has 0 saturated carbocycles. The van der Waals surface area contributed by atoms with Crippen LogP contribution in [0.25, 0.3) is 0 Å². The van der Waals surface area contributed by atoms with Gasteiger partial charge in [-0.15, -0.1) is 0 Å². The van der Waals surface area contributed by atoms with Gasteiger partial charge in [-0.25, -0.2) is 4.79 Å². The average Bonchev–Trinajstić information content (AvgIpc) is 3.02. The van der Waals surface area contributed by atoms with Crippen LogP contribution in [0.5, 0.6) is 0 Å². The highest BCUT2D eigenvalue weighted by Gasteiger charge is 2.51. The first-order chi connectivity index (χ1) is 15.1. The van der Waals surface area contributed by atoms with Gasteiger partial charge in [-0.1, -0.05) is 29.8 Å². The molecule has 3 heterocycles. The minimum Gasteiger partial charge on any atom is -0.449 e. The maximum Gasteiger partial charge on any atom is 0.409 e. The fourth-order valence-corrected chi connectivity index (χ4v) is 5.69. The number of anilines is 1. The number of nitrogens with one attached hydrogen (secondary N) is 2. The number of carbonyl (C=O) groups is 2. The molecule has 3 aliphatic heterocycles. The number of nitrogens with zero attached hydrogens (tertiary/aromatic N) is 2. The summed E-state index contributed by atoms with van der Waals surface area (Å²) in [4.78, 5) is 29.3. The van der Waals surface area contributed by atoms with E-state index in [1.165, 1.54) is 5.57 Å². The number of rotatable bonds is 4. The molecule has 7 heteroatoms. The fourth-order valence-electron chi connectivity index (χ4n) is 5.69. The van der Waals surface area contributed by atoms with E-state index < -0.39 is 5.54 Å². The van der Waals surface area contributed by atoms with E-state index in [-0.39, 0.29) is 23.1 Å². The lowest BCUT2D eigenvalue weighted by atomic mass is 9.82. The quantitative estimate of drug-likeness (QED) is 0.702. The van der Waals surface area contributed by atoms with Crippen molar-refractivity contribution < 1.29 is 14.3 Å². The molecule has 0 radical (unpaired) electrons. The molecular formula is C25H36N4O3. The molecule has 0 unspecified atom stereocenters. The molecule has 4 rings (SSSR count). The number of hydrogen-bond acceptors (Lipinski definition) is 5. The Morgan fingerprint density at radius 2 is 1.78 bits per heavy atom. The lowest BCUT2D eigenvalue weighted by Gasteiger charge is -2.43. The summed E-state index contributed by atoms with van der Waals surface area (Å²) in [6, 6.07) is 10.0. The van der Waals surface area contributed by atoms with Gasteiger partial charge in [0.25, 0.3) is 0 Å². The first kappa shape index (κ1) is 22.6. The van der Waals surface area contributed by atoms with Crippen LogP contribution < -0.4 is 15.5 Å². The molecule has 0 bridgehead atoms. The lowest BCUT2D eigenvalue weighted by molar-refractivity contribution is -0.125. The van der Waals surface area contributed by atoms with Crippen LogP contribution in [0.15, 0.2) is 42.0 Å². The van der Waals surface area contributed by atoms with Gasteiger partial charge in [-0.2, -0.15) is 0 Å². The molecule has 1 spiro atoms. The molecule has 1 aromatic carbocycles. The second-order valence-corrected chi connectivity index (χ2v) is 10.5. The van der Waals surface area contributed by atoms with E-state index in [0.717, 1.165) is 18.5 Å². The van der Waals surface area contributed by atoms with Crippen LogP contribution in [-0.2, 0) is 9.53 Å². The van der Waals surface area contributed by atoms with Gasteiger partial charge in [-0.3, -0.25) is 4.79 Å². The van der Waals surface area contributed by atoms with Crippen molar-refractivity contribution in [1.29, 1.82) is 0 Å². The highest BCUT2D eigenvalue weighted by atomic mass is 16.6. The molecule has 7 nitrogen and oxygen atoms in total. The van der Waals surface area contributed by atoms with Crippen molar-refractivity contribution in [2.75, 3.05) is 31.3 Å². The summed E-state index contributed by atoms with van der Waals surface area (Å²) in [5, 5.41) is 6.62. The smallest absolute Gasteiger partial charge is 0.409 e. The summed E-state index contributed by atoms with van der Waals surface area (Å²) in [6.45, 7) is 10.7. The summed E-state index contributed by atoms with van der Waals surface area (Å²) in [5.74, 6) is 0.0532. The molecular weight excluding hydrogens is 404 g/mol. The van der Waals surface area contributed by atoms with Crippen LogP contribution in [0.3, 0.4) is 0 Å². The van der Waals surface area contributed by atoms with Gasteiger partial charge in [0, 0.05) is 36.3 Å². The molecule has 0 atom stereocenters. The Bertz CT molecular complexity index is 886. The number of likely N-dealkylation sites (tertiary alicyclic amines) is 1. The zero-order valence-electron chi connectivity index (χ0n) is 19.7. The second-order valence-electron chi connectivity index (χ2n) is 10.5. The standard InChI is InChI=1S/C25H36N4O3/c1-23(2)16-19(17-24(3,4)27-23)10-15-32-22(31)28-13-11-25(12-14-28)21(30)26-18-29(25)20-8-6-5-7-9-20/h5-9,16,27H,10-15,17-18H2,1-4H3,(H,26,30). The van der Waals surface area contributed by atoms with Crippen molar-refractivity contribution in [3.05, 3.63) is 42.0 Å². The zero-order valence-corrected chi connectivity index (χ0v) is 19.7. The summed E-state index contributed by atoms with van der Waals surface area (Å²) in [5.41, 5.74) is 1.74. The van der Waals surface area contributed by atoms with E-state index in [1.807, 2.05) is 30.3 Å². The monoisotopic (exact) mass is 440 g/mol. The Labute approximate surface area is 191 Å². The van der Waals surface area contributed by atoms with E-state index in [9.17, 15) is 9.59 Å². The van der Waals surface area contributed by atoms with Crippen molar-refractivity contribution in [2.24, 2.45) is 0 Å². The number of amides is 2. The SMILES string of the molecule is CC1(C)C=C(CCOC(=O)N2CCC3(CC2)C(=O)NCN3c2ccccc2)CC(C)(C)N1. The highest BCUT2D eigenvalue weighted by molar-refractivity contribution is 5.93. The van der Waals surface area contributed by atoms with Gasteiger partial charge in [0.2, 0.25) is 5.91 Å². The molecule has 0 aliphatic carbocycles. The third-order valence-electron chi connectivity index (χ3n) is 6.80. The van der Waals surface area contributed by atoms with Crippen molar-refractivity contribution in [2.45, 2.75) is 70.0 Å². The van der Waals surface area contributed by atoms with Gasteiger partial charge >= 0.3 is 6.09 Å². The summed E-state index contributed by atoms with van der Waals surface area (Å²) in [6.07, 6.45) is 4.88. The maximum absolute atomic E-state index is 12.8. The first-order valence-electron chi connectivity index (χ1n) is 11.6. The van der Waals surface area contributed by atoms with Gasteiger partial charge in [0.15, 0.2) is 0 Å². The van der Waals surface area contributed by atoms with Crippen molar-refractivity contribution in [3.63, 3.8) is 0 Å². The summed E-state index contributed by atoms with van der Waals surface area (Å²) >= 11 is 0. The molecule has 0 aromatic heterocycles. The Morgan fingerprint density at radius 1 is 1.09 bits per heavy atom. The number of piperidine rings is 1. The Morgan fingerprint density at radius 3 is 2.44 bits per heavy atom. The topological polar surface area (TPSA) is 73.9 Å². The van der Waals surface area contributed by atoms with Crippen LogP contribution >= 0.6 is 0 Å². The minimum absolute atomic E-state index is 0.0330. The van der Waals surface area contributed by atoms with E-state index >= 15 is 0 Å². The first-order valence-corrected chi connectivity index (χ1v) is 11.6. The van der Waals surface area contributed by atoms with Gasteiger partial charge in [0.05, 0.1) is 13.3 Å². The number of benzene rings is 1. The van der Waals surface area contributed by atoms with Crippen molar-refractivity contribution >= 4 is 17.7 Å². The van der Waals surface area contributed by atoms with E-state index in [2.05, 4.69) is 49.3 Å². The van der Waals surface area contributed by atoms with Gasteiger partial charge in [-0.05, 0) is 59.1 Å². The molecule has 1 aromatic rings. The predicted molar refractivity (Wildman–Crippen MR) is 125 cm³/mol. The summed E-state index contributed by atoms with van der Waals surface area (Å²) in [7, 11) is 0. The normalized spacial score (nSPS) is 23.6. The number of hydrogen-bond donors (Lipinski definition) is 2. The Balaban J connectivity index is 1.31. The number of carbonyl (C=O) groups excluding carboxylic acids is 2. The largest absolute Gasteiger partial charge is 0.449 e. The molecule has 2 N–H and O–H groups in total. The van der Waals surface area contributed by atoms with Crippen molar-refractivity contribution in [1.82, 2.24) is 15.5 Å². The summed E-state index contributed by atoms with van der Waals surface area (Å²) < 4.78 is 5.62. The minimum atomic E-state index is -0.588. The molecule has 32 heavy (non-hydrogen) atoms. The lowest BCUT2D eigenvalue weighted by Crippen LogP contribution is -2.57. The molecule has 2 fully saturated rings.